The minimum Gasteiger partial charge on any atom is -0.310 e. The van der Waals surface area contributed by atoms with Gasteiger partial charge in [0.25, 0.3) is 0 Å². The fourth-order valence-corrected chi connectivity index (χ4v) is 3.39. The molecule has 1 saturated carbocycles. The van der Waals surface area contributed by atoms with Crippen LogP contribution in [-0.2, 0) is 6.54 Å². The molecule has 1 aliphatic carbocycles. The first-order chi connectivity index (χ1) is 10.1. The van der Waals surface area contributed by atoms with E-state index in [1.807, 2.05) is 18.2 Å². The topological polar surface area (TPSA) is 12.0 Å². The summed E-state index contributed by atoms with van der Waals surface area (Å²) in [6.07, 6.45) is 2.49. The SMILES string of the molecule is Clc1cc(Cl)c(-c2ccccc2CNC2CC2)c(Cl)c1Cl. The van der Waals surface area contributed by atoms with Crippen molar-refractivity contribution in [1.82, 2.24) is 5.32 Å². The third kappa shape index (κ3) is 3.33. The van der Waals surface area contributed by atoms with Crippen LogP contribution >= 0.6 is 46.4 Å². The van der Waals surface area contributed by atoms with Crippen LogP contribution < -0.4 is 5.32 Å². The van der Waals surface area contributed by atoms with Crippen molar-refractivity contribution >= 4 is 46.4 Å². The van der Waals surface area contributed by atoms with Crippen LogP contribution in [0.5, 0.6) is 0 Å². The van der Waals surface area contributed by atoms with Gasteiger partial charge in [0.2, 0.25) is 0 Å². The van der Waals surface area contributed by atoms with Crippen LogP contribution in [0.3, 0.4) is 0 Å². The van der Waals surface area contributed by atoms with E-state index in [0.29, 0.717) is 26.1 Å². The van der Waals surface area contributed by atoms with Gasteiger partial charge in [-0.25, -0.2) is 0 Å². The maximum atomic E-state index is 6.36. The summed E-state index contributed by atoms with van der Waals surface area (Å²) in [4.78, 5) is 0. The summed E-state index contributed by atoms with van der Waals surface area (Å²) >= 11 is 24.9. The van der Waals surface area contributed by atoms with E-state index in [-0.39, 0.29) is 0 Å². The van der Waals surface area contributed by atoms with Gasteiger partial charge in [-0.1, -0.05) is 70.7 Å². The molecule has 1 aliphatic rings. The molecule has 1 nitrogen and oxygen atoms in total. The Hall–Kier alpha value is -0.440. The predicted octanol–water partition coefficient (Wildman–Crippen LogP) is 6.22. The molecular formula is C16H13Cl4N. The van der Waals surface area contributed by atoms with Gasteiger partial charge in [0.15, 0.2) is 0 Å². The summed E-state index contributed by atoms with van der Waals surface area (Å²) in [7, 11) is 0. The van der Waals surface area contributed by atoms with Crippen molar-refractivity contribution in [2.75, 3.05) is 0 Å². The highest BCUT2D eigenvalue weighted by molar-refractivity contribution is 6.51. The standard InChI is InChI=1S/C16H13Cl4N/c17-12-7-13(18)15(19)16(20)14(12)11-4-2-1-3-9(11)8-21-10-5-6-10/h1-4,7,10,21H,5-6,8H2. The molecular weight excluding hydrogens is 348 g/mol. The van der Waals surface area contributed by atoms with Crippen molar-refractivity contribution in [1.29, 1.82) is 0 Å². The van der Waals surface area contributed by atoms with Crippen LogP contribution in [0.15, 0.2) is 30.3 Å². The Labute approximate surface area is 144 Å². The molecule has 0 spiro atoms. The maximum Gasteiger partial charge on any atom is 0.0785 e. The molecule has 0 heterocycles. The zero-order chi connectivity index (χ0) is 15.0. The smallest absolute Gasteiger partial charge is 0.0785 e. The van der Waals surface area contributed by atoms with Crippen molar-refractivity contribution in [2.24, 2.45) is 0 Å². The van der Waals surface area contributed by atoms with E-state index in [9.17, 15) is 0 Å². The molecule has 5 heteroatoms. The summed E-state index contributed by atoms with van der Waals surface area (Å²) in [5, 5.41) is 5.11. The fourth-order valence-electron chi connectivity index (χ4n) is 2.27. The van der Waals surface area contributed by atoms with Crippen molar-refractivity contribution in [3.05, 3.63) is 56.0 Å². The Morgan fingerprint density at radius 2 is 1.67 bits per heavy atom. The lowest BCUT2D eigenvalue weighted by atomic mass is 9.99. The summed E-state index contributed by atoms with van der Waals surface area (Å²) in [6.45, 7) is 0.785. The molecule has 0 atom stereocenters. The van der Waals surface area contributed by atoms with Gasteiger partial charge in [0, 0.05) is 18.2 Å². The van der Waals surface area contributed by atoms with Crippen molar-refractivity contribution < 1.29 is 0 Å². The van der Waals surface area contributed by atoms with Crippen molar-refractivity contribution in [2.45, 2.75) is 25.4 Å². The third-order valence-corrected chi connectivity index (χ3v) is 5.12. The van der Waals surface area contributed by atoms with Gasteiger partial charge < -0.3 is 5.32 Å². The zero-order valence-corrected chi connectivity index (χ0v) is 14.1. The molecule has 0 aliphatic heterocycles. The number of nitrogens with one attached hydrogen (secondary N) is 1. The lowest BCUT2D eigenvalue weighted by Gasteiger charge is -2.15. The number of hydrogen-bond donors (Lipinski definition) is 1. The van der Waals surface area contributed by atoms with Crippen LogP contribution in [-0.4, -0.2) is 6.04 Å². The molecule has 110 valence electrons. The maximum absolute atomic E-state index is 6.36. The van der Waals surface area contributed by atoms with E-state index < -0.39 is 0 Å². The molecule has 0 aromatic heterocycles. The predicted molar refractivity (Wildman–Crippen MR) is 91.8 cm³/mol. The highest BCUT2D eigenvalue weighted by atomic mass is 35.5. The largest absolute Gasteiger partial charge is 0.310 e. The number of hydrogen-bond acceptors (Lipinski definition) is 1. The molecule has 0 bridgehead atoms. The van der Waals surface area contributed by atoms with Gasteiger partial charge in [0.1, 0.15) is 0 Å². The van der Waals surface area contributed by atoms with Crippen LogP contribution in [0.1, 0.15) is 18.4 Å². The minimum atomic E-state index is 0.336. The molecule has 0 saturated heterocycles. The highest BCUT2D eigenvalue weighted by Gasteiger charge is 2.22. The molecule has 21 heavy (non-hydrogen) atoms. The third-order valence-electron chi connectivity index (χ3n) is 3.56. The Morgan fingerprint density at radius 3 is 2.38 bits per heavy atom. The summed E-state index contributed by atoms with van der Waals surface area (Å²) in [5.74, 6) is 0. The van der Waals surface area contributed by atoms with Gasteiger partial charge in [-0.2, -0.15) is 0 Å². The quantitative estimate of drug-likeness (QED) is 0.504. The van der Waals surface area contributed by atoms with Crippen LogP contribution in [0.4, 0.5) is 0 Å². The summed E-state index contributed by atoms with van der Waals surface area (Å²) in [5.41, 5.74) is 2.87. The molecule has 0 unspecified atom stereocenters. The second kappa shape index (κ2) is 6.36. The number of rotatable bonds is 4. The Bertz CT molecular complexity index is 680. The van der Waals surface area contributed by atoms with Crippen LogP contribution in [0.2, 0.25) is 20.1 Å². The lowest BCUT2D eigenvalue weighted by Crippen LogP contribution is -2.15. The first-order valence-corrected chi connectivity index (χ1v) is 8.23. The molecule has 2 aromatic carbocycles. The van der Waals surface area contributed by atoms with E-state index in [4.69, 9.17) is 46.4 Å². The highest BCUT2D eigenvalue weighted by Crippen LogP contribution is 2.44. The second-order valence-corrected chi connectivity index (χ2v) is 6.73. The van der Waals surface area contributed by atoms with E-state index in [2.05, 4.69) is 11.4 Å². The van der Waals surface area contributed by atoms with E-state index in [0.717, 1.165) is 23.2 Å². The van der Waals surface area contributed by atoms with Crippen molar-refractivity contribution in [3.63, 3.8) is 0 Å². The average Bonchev–Trinajstić information content (AvgIpc) is 3.28. The monoisotopic (exact) mass is 359 g/mol. The van der Waals surface area contributed by atoms with Gasteiger partial charge in [-0.15, -0.1) is 0 Å². The average molecular weight is 361 g/mol. The number of halogens is 4. The minimum absolute atomic E-state index is 0.336. The van der Waals surface area contributed by atoms with E-state index >= 15 is 0 Å². The van der Waals surface area contributed by atoms with Crippen LogP contribution in [0.25, 0.3) is 11.1 Å². The van der Waals surface area contributed by atoms with Crippen LogP contribution in [0, 0.1) is 0 Å². The normalized spacial score (nSPS) is 14.5. The Morgan fingerprint density at radius 1 is 0.952 bits per heavy atom. The van der Waals surface area contributed by atoms with Gasteiger partial charge in [-0.05, 0) is 30.0 Å². The molecule has 1 N–H and O–H groups in total. The first kappa shape index (κ1) is 15.5. The second-order valence-electron chi connectivity index (χ2n) is 5.16. The Balaban J connectivity index is 2.05. The molecule has 0 radical (unpaired) electrons. The lowest BCUT2D eigenvalue weighted by molar-refractivity contribution is 0.689. The summed E-state index contributed by atoms with van der Waals surface area (Å²) in [6, 6.07) is 10.3. The van der Waals surface area contributed by atoms with Gasteiger partial charge in [0.05, 0.1) is 20.1 Å². The fraction of sp³-hybridized carbons (Fsp3) is 0.250. The van der Waals surface area contributed by atoms with Crippen molar-refractivity contribution in [3.8, 4) is 11.1 Å². The van der Waals surface area contributed by atoms with E-state index in [1.54, 1.807) is 6.07 Å². The van der Waals surface area contributed by atoms with E-state index in [1.165, 1.54) is 12.8 Å². The first-order valence-electron chi connectivity index (χ1n) is 6.72. The molecule has 0 amide bonds. The van der Waals surface area contributed by atoms with Gasteiger partial charge in [-0.3, -0.25) is 0 Å². The van der Waals surface area contributed by atoms with Gasteiger partial charge >= 0.3 is 0 Å². The molecule has 2 aromatic rings. The zero-order valence-electron chi connectivity index (χ0n) is 11.1. The molecule has 1 fully saturated rings. The number of benzene rings is 2. The summed E-state index contributed by atoms with van der Waals surface area (Å²) < 4.78 is 0. The Kier molecular flexibility index (Phi) is 4.68. The molecule has 3 rings (SSSR count).